The predicted octanol–water partition coefficient (Wildman–Crippen LogP) is 5.30. The minimum atomic E-state index is -1.22. The number of nitrogens with zero attached hydrogens (tertiary/aromatic N) is 1. The molecule has 6 rings (SSSR count). The molecule has 0 fully saturated rings. The quantitative estimate of drug-likeness (QED) is 0.113. The lowest BCUT2D eigenvalue weighted by atomic mass is 9.13. The minimum absolute atomic E-state index is 0.134. The highest BCUT2D eigenvalue weighted by Gasteiger charge is 2.31. The van der Waals surface area contributed by atoms with Crippen LogP contribution in [0.5, 0.6) is 5.75 Å². The van der Waals surface area contributed by atoms with Crippen molar-refractivity contribution in [3.63, 3.8) is 0 Å². The van der Waals surface area contributed by atoms with Gasteiger partial charge in [-0.1, -0.05) is 151 Å². The van der Waals surface area contributed by atoms with Gasteiger partial charge in [0.25, 0.3) is 0 Å². The average molecular weight is 568 g/mol. The molecule has 3 nitrogen and oxygen atoms in total. The summed E-state index contributed by atoms with van der Waals surface area (Å²) < 4.78 is 6.83. The molecular weight excluding hydrogens is 537 g/mol. The normalized spacial score (nSPS) is 10.7. The van der Waals surface area contributed by atoms with E-state index in [9.17, 15) is 4.79 Å². The number of aromatic nitrogens is 1. The van der Waals surface area contributed by atoms with E-state index in [0.29, 0.717) is 10.8 Å². The van der Waals surface area contributed by atoms with Gasteiger partial charge in [0.1, 0.15) is 16.9 Å². The third-order valence-corrected chi connectivity index (χ3v) is 7.53. The molecule has 0 aliphatic carbocycles. The van der Waals surface area contributed by atoms with Gasteiger partial charge in [0.15, 0.2) is 12.4 Å². The molecule has 0 N–H and O–H groups in total. The third-order valence-electron chi connectivity index (χ3n) is 7.31. The summed E-state index contributed by atoms with van der Waals surface area (Å²) in [6.07, 6.45) is 2.22. The molecule has 42 heavy (non-hydrogen) atoms. The van der Waals surface area contributed by atoms with Gasteiger partial charge in [-0.3, -0.25) is 0 Å². The fraction of sp³-hybridized carbons (Fsp3) is 0.0270. The van der Waals surface area contributed by atoms with Crippen LogP contribution < -0.4 is 31.2 Å². The van der Waals surface area contributed by atoms with Crippen molar-refractivity contribution < 1.29 is 14.1 Å². The second-order valence-corrected chi connectivity index (χ2v) is 10.4. The van der Waals surface area contributed by atoms with E-state index in [-0.39, 0.29) is 12.5 Å². The maximum atomic E-state index is 11.6. The van der Waals surface area contributed by atoms with Crippen molar-refractivity contribution in [3.05, 3.63) is 181 Å². The van der Waals surface area contributed by atoms with Gasteiger partial charge in [-0.2, -0.15) is 26.4 Å². The van der Waals surface area contributed by atoms with Gasteiger partial charge in [-0.15, -0.1) is 0 Å². The zero-order valence-electron chi connectivity index (χ0n) is 23.2. The van der Waals surface area contributed by atoms with Gasteiger partial charge in [0.2, 0.25) is 6.54 Å². The van der Waals surface area contributed by atoms with Crippen molar-refractivity contribution in [1.82, 2.24) is 0 Å². The Labute approximate surface area is 252 Å². The number of hydrogen-bond acceptors (Lipinski definition) is 2. The van der Waals surface area contributed by atoms with E-state index in [1.807, 2.05) is 18.2 Å². The molecule has 0 aliphatic rings. The van der Waals surface area contributed by atoms with Crippen LogP contribution in [0.15, 0.2) is 176 Å². The van der Waals surface area contributed by atoms with Gasteiger partial charge >= 0.3 is 5.97 Å². The molecule has 0 saturated carbocycles. The van der Waals surface area contributed by atoms with E-state index >= 15 is 0 Å². The standard InChI is InChI=1S/C24H20B.C13H11ClNO2/c1-5-13-21(14-6-1)25(22-15-7-2-8-16-22,23-17-9-3-10-18-23)24-19-11-4-12-20-24;14-11-5-4-8-15(9-11)10-13(16)17-12-6-2-1-3-7-12/h1-20H;1-9H,10H2/q-1;+1. The molecule has 0 atom stereocenters. The Morgan fingerprint density at radius 1 is 0.548 bits per heavy atom. The van der Waals surface area contributed by atoms with E-state index in [1.54, 1.807) is 41.2 Å². The number of pyridine rings is 1. The molecule has 5 heteroatoms. The summed E-state index contributed by atoms with van der Waals surface area (Å²) in [6.45, 7) is 0.134. The Morgan fingerprint density at radius 3 is 1.31 bits per heavy atom. The molecule has 0 bridgehead atoms. The van der Waals surface area contributed by atoms with Crippen LogP contribution in [0.3, 0.4) is 0 Å². The first-order valence-electron chi connectivity index (χ1n) is 13.9. The van der Waals surface area contributed by atoms with E-state index in [0.717, 1.165) is 0 Å². The number of esters is 1. The summed E-state index contributed by atoms with van der Waals surface area (Å²) in [5.41, 5.74) is 5.36. The van der Waals surface area contributed by atoms with Gasteiger partial charge < -0.3 is 4.74 Å². The summed E-state index contributed by atoms with van der Waals surface area (Å²) in [5, 5.41) is 0.583. The highest BCUT2D eigenvalue weighted by Crippen LogP contribution is 2.10. The molecule has 1 heterocycles. The molecule has 0 unspecified atom stereocenters. The molecule has 0 spiro atoms. The maximum absolute atomic E-state index is 11.6. The second-order valence-electron chi connectivity index (χ2n) is 9.99. The smallest absolute Gasteiger partial charge is 0.378 e. The molecule has 1 aromatic heterocycles. The number of rotatable bonds is 7. The average Bonchev–Trinajstić information content (AvgIpc) is 3.04. The lowest BCUT2D eigenvalue weighted by Crippen LogP contribution is -2.74. The van der Waals surface area contributed by atoms with Crippen molar-refractivity contribution in [2.75, 3.05) is 0 Å². The maximum Gasteiger partial charge on any atom is 0.378 e. The summed E-state index contributed by atoms with van der Waals surface area (Å²) in [4.78, 5) is 11.6. The number of carbonyl (C=O) groups is 1. The van der Waals surface area contributed by atoms with Crippen LogP contribution in [0.25, 0.3) is 0 Å². The molecule has 0 radical (unpaired) electrons. The van der Waals surface area contributed by atoms with Crippen molar-refractivity contribution in [3.8, 4) is 5.75 Å². The number of ether oxygens (including phenoxy) is 1. The van der Waals surface area contributed by atoms with Crippen LogP contribution >= 0.6 is 11.6 Å². The first-order chi connectivity index (χ1) is 20.7. The van der Waals surface area contributed by atoms with Crippen molar-refractivity contribution in [1.29, 1.82) is 0 Å². The fourth-order valence-electron chi connectivity index (χ4n) is 5.51. The summed E-state index contributed by atoms with van der Waals surface area (Å²) >= 11 is 5.82. The second kappa shape index (κ2) is 14.1. The highest BCUT2D eigenvalue weighted by atomic mass is 35.5. The Hall–Kier alpha value is -4.93. The lowest BCUT2D eigenvalue weighted by molar-refractivity contribution is -0.685. The molecule has 206 valence electrons. The summed E-state index contributed by atoms with van der Waals surface area (Å²) in [5.74, 6) is 0.212. The SMILES string of the molecule is O=C(C[n+]1cccc(Cl)c1)Oc1ccccc1.c1ccc([B-](c2ccccc2)(c2ccccc2)c2ccccc2)cc1. The molecule has 6 aromatic rings. The van der Waals surface area contributed by atoms with Gasteiger partial charge in [0, 0.05) is 6.07 Å². The molecular formula is C37H31BClNO2. The van der Waals surface area contributed by atoms with Gasteiger partial charge in [0.05, 0.1) is 0 Å². The van der Waals surface area contributed by atoms with Crippen molar-refractivity contribution in [2.24, 2.45) is 0 Å². The Balaban J connectivity index is 0.000000181. The first kappa shape index (κ1) is 28.6. The zero-order chi connectivity index (χ0) is 29.0. The largest absolute Gasteiger partial charge is 0.422 e. The van der Waals surface area contributed by atoms with Crippen LogP contribution in [-0.4, -0.2) is 12.1 Å². The zero-order valence-corrected chi connectivity index (χ0v) is 23.9. The highest BCUT2D eigenvalue weighted by molar-refractivity contribution is 7.19. The summed E-state index contributed by atoms with van der Waals surface area (Å²) in [7, 11) is 0. The lowest BCUT2D eigenvalue weighted by Gasteiger charge is -2.44. The van der Waals surface area contributed by atoms with Crippen molar-refractivity contribution >= 4 is 45.6 Å². The van der Waals surface area contributed by atoms with Crippen LogP contribution in [0, 0.1) is 0 Å². The Morgan fingerprint density at radius 2 is 0.929 bits per heavy atom. The van der Waals surface area contributed by atoms with Crippen LogP contribution in [-0.2, 0) is 11.3 Å². The van der Waals surface area contributed by atoms with E-state index < -0.39 is 6.15 Å². The van der Waals surface area contributed by atoms with E-state index in [1.165, 1.54) is 21.9 Å². The van der Waals surface area contributed by atoms with E-state index in [2.05, 4.69) is 121 Å². The number of hydrogen-bond donors (Lipinski definition) is 0. The monoisotopic (exact) mass is 567 g/mol. The van der Waals surface area contributed by atoms with Gasteiger partial charge in [-0.25, -0.2) is 4.79 Å². The first-order valence-corrected chi connectivity index (χ1v) is 14.3. The Bertz CT molecular complexity index is 1520. The van der Waals surface area contributed by atoms with E-state index in [4.69, 9.17) is 16.3 Å². The molecule has 0 aliphatic heterocycles. The van der Waals surface area contributed by atoms with Crippen molar-refractivity contribution in [2.45, 2.75) is 6.54 Å². The van der Waals surface area contributed by atoms with Crippen LogP contribution in [0.4, 0.5) is 0 Å². The number of benzene rings is 5. The molecule has 0 saturated heterocycles. The topological polar surface area (TPSA) is 30.2 Å². The van der Waals surface area contributed by atoms with Crippen LogP contribution in [0.1, 0.15) is 0 Å². The molecule has 5 aromatic carbocycles. The third kappa shape index (κ3) is 6.86. The van der Waals surface area contributed by atoms with Gasteiger partial charge in [-0.05, 0) is 18.2 Å². The number of halogens is 1. The summed E-state index contributed by atoms with van der Waals surface area (Å²) in [6, 6.07) is 56.0. The number of para-hydroxylation sites is 1. The fourth-order valence-corrected chi connectivity index (χ4v) is 5.71. The number of carbonyl (C=O) groups excluding carboxylic acids is 1. The Kier molecular flexibility index (Phi) is 9.61. The van der Waals surface area contributed by atoms with Crippen LogP contribution in [0.2, 0.25) is 5.02 Å². The minimum Gasteiger partial charge on any atom is -0.422 e. The molecule has 0 amide bonds. The predicted molar refractivity (Wildman–Crippen MR) is 174 cm³/mol.